The van der Waals surface area contributed by atoms with Gasteiger partial charge in [0.1, 0.15) is 23.9 Å². The SMILES string of the molecule is CCOc1ccc(S(=O)(=O)N[C@H](C)COc2ccc(OC)cc2)cc1. The summed E-state index contributed by atoms with van der Waals surface area (Å²) in [6.07, 6.45) is 0. The highest BCUT2D eigenvalue weighted by atomic mass is 32.2. The predicted molar refractivity (Wildman–Crippen MR) is 95.9 cm³/mol. The van der Waals surface area contributed by atoms with Gasteiger partial charge in [-0.3, -0.25) is 0 Å². The van der Waals surface area contributed by atoms with E-state index in [-0.39, 0.29) is 11.5 Å². The van der Waals surface area contributed by atoms with Crippen molar-refractivity contribution in [2.24, 2.45) is 0 Å². The lowest BCUT2D eigenvalue weighted by molar-refractivity contribution is 0.287. The third kappa shape index (κ3) is 5.65. The summed E-state index contributed by atoms with van der Waals surface area (Å²) in [6, 6.07) is 13.0. The maximum Gasteiger partial charge on any atom is 0.240 e. The van der Waals surface area contributed by atoms with E-state index < -0.39 is 16.1 Å². The molecule has 6 nitrogen and oxygen atoms in total. The second-order valence-corrected chi connectivity index (χ2v) is 7.13. The van der Waals surface area contributed by atoms with Crippen LogP contribution in [-0.4, -0.2) is 34.8 Å². The van der Waals surface area contributed by atoms with E-state index in [4.69, 9.17) is 14.2 Å². The molecule has 0 fully saturated rings. The van der Waals surface area contributed by atoms with E-state index in [1.165, 1.54) is 12.1 Å². The normalized spacial score (nSPS) is 12.4. The third-order valence-electron chi connectivity index (χ3n) is 3.36. The molecule has 0 saturated heterocycles. The molecule has 1 atom stereocenters. The van der Waals surface area contributed by atoms with E-state index >= 15 is 0 Å². The Balaban J connectivity index is 1.92. The molecule has 0 spiro atoms. The van der Waals surface area contributed by atoms with Crippen molar-refractivity contribution in [3.8, 4) is 17.2 Å². The number of benzene rings is 2. The van der Waals surface area contributed by atoms with E-state index in [2.05, 4.69) is 4.72 Å². The number of rotatable bonds is 9. The largest absolute Gasteiger partial charge is 0.497 e. The highest BCUT2D eigenvalue weighted by molar-refractivity contribution is 7.89. The van der Waals surface area contributed by atoms with Crippen molar-refractivity contribution in [3.05, 3.63) is 48.5 Å². The van der Waals surface area contributed by atoms with Crippen LogP contribution in [0.4, 0.5) is 0 Å². The second-order valence-electron chi connectivity index (χ2n) is 5.41. The van der Waals surface area contributed by atoms with E-state index in [9.17, 15) is 8.42 Å². The van der Waals surface area contributed by atoms with Crippen molar-refractivity contribution in [1.29, 1.82) is 0 Å². The topological polar surface area (TPSA) is 73.9 Å². The lowest BCUT2D eigenvalue weighted by Gasteiger charge is -2.15. The molecule has 136 valence electrons. The molecule has 0 heterocycles. The maximum absolute atomic E-state index is 12.4. The molecule has 0 aliphatic carbocycles. The van der Waals surface area contributed by atoms with Crippen molar-refractivity contribution in [2.75, 3.05) is 20.3 Å². The Labute approximate surface area is 148 Å². The van der Waals surface area contributed by atoms with Gasteiger partial charge in [0.15, 0.2) is 0 Å². The van der Waals surface area contributed by atoms with Crippen molar-refractivity contribution in [2.45, 2.75) is 24.8 Å². The zero-order chi connectivity index (χ0) is 18.3. The van der Waals surface area contributed by atoms with Crippen LogP contribution in [0.1, 0.15) is 13.8 Å². The van der Waals surface area contributed by atoms with E-state index in [1.807, 2.05) is 6.92 Å². The van der Waals surface area contributed by atoms with Gasteiger partial charge in [-0.05, 0) is 62.4 Å². The van der Waals surface area contributed by atoms with Gasteiger partial charge in [-0.1, -0.05) is 0 Å². The maximum atomic E-state index is 12.4. The Kier molecular flexibility index (Phi) is 6.66. The highest BCUT2D eigenvalue weighted by Gasteiger charge is 2.17. The second kappa shape index (κ2) is 8.73. The molecule has 0 unspecified atom stereocenters. The summed E-state index contributed by atoms with van der Waals surface area (Å²) in [5.74, 6) is 2.02. The molecule has 2 aromatic carbocycles. The molecular weight excluding hydrogens is 342 g/mol. The summed E-state index contributed by atoms with van der Waals surface area (Å²) in [6.45, 7) is 4.36. The average molecular weight is 365 g/mol. The average Bonchev–Trinajstić information content (AvgIpc) is 2.61. The fraction of sp³-hybridized carbons (Fsp3) is 0.333. The number of sulfonamides is 1. The summed E-state index contributed by atoms with van der Waals surface area (Å²) < 4.78 is 43.4. The molecule has 2 rings (SSSR count). The molecule has 0 bridgehead atoms. The summed E-state index contributed by atoms with van der Waals surface area (Å²) in [4.78, 5) is 0.187. The molecule has 0 radical (unpaired) electrons. The highest BCUT2D eigenvalue weighted by Crippen LogP contribution is 2.18. The van der Waals surface area contributed by atoms with Gasteiger partial charge < -0.3 is 14.2 Å². The van der Waals surface area contributed by atoms with Crippen molar-refractivity contribution in [1.82, 2.24) is 4.72 Å². The minimum atomic E-state index is -3.61. The van der Waals surface area contributed by atoms with Gasteiger partial charge >= 0.3 is 0 Å². The predicted octanol–water partition coefficient (Wildman–Crippen LogP) is 2.84. The van der Waals surface area contributed by atoms with Gasteiger partial charge in [0, 0.05) is 0 Å². The number of hydrogen-bond donors (Lipinski definition) is 1. The number of ether oxygens (including phenoxy) is 3. The third-order valence-corrected chi connectivity index (χ3v) is 4.97. The zero-order valence-corrected chi connectivity index (χ0v) is 15.4. The van der Waals surface area contributed by atoms with Crippen LogP contribution in [0.5, 0.6) is 17.2 Å². The lowest BCUT2D eigenvalue weighted by Crippen LogP contribution is -2.36. The van der Waals surface area contributed by atoms with Gasteiger partial charge in [0.2, 0.25) is 10.0 Å². The van der Waals surface area contributed by atoms with E-state index in [0.29, 0.717) is 18.1 Å². The van der Waals surface area contributed by atoms with Gasteiger partial charge in [-0.2, -0.15) is 0 Å². The van der Waals surface area contributed by atoms with E-state index in [1.54, 1.807) is 50.4 Å². The molecule has 2 aromatic rings. The first-order chi connectivity index (χ1) is 11.9. The zero-order valence-electron chi connectivity index (χ0n) is 14.6. The van der Waals surface area contributed by atoms with Gasteiger partial charge in [0.05, 0.1) is 24.7 Å². The van der Waals surface area contributed by atoms with Crippen molar-refractivity contribution in [3.63, 3.8) is 0 Å². The Bertz CT molecular complexity index is 757. The lowest BCUT2D eigenvalue weighted by atomic mass is 10.3. The fourth-order valence-corrected chi connectivity index (χ4v) is 3.37. The van der Waals surface area contributed by atoms with Gasteiger partial charge in [0.25, 0.3) is 0 Å². The fourth-order valence-electron chi connectivity index (χ4n) is 2.14. The number of nitrogens with one attached hydrogen (secondary N) is 1. The van der Waals surface area contributed by atoms with Gasteiger partial charge in [-0.15, -0.1) is 0 Å². The van der Waals surface area contributed by atoms with E-state index in [0.717, 1.165) is 5.75 Å². The molecule has 0 aromatic heterocycles. The quantitative estimate of drug-likeness (QED) is 0.740. The number of hydrogen-bond acceptors (Lipinski definition) is 5. The van der Waals surface area contributed by atoms with Gasteiger partial charge in [-0.25, -0.2) is 13.1 Å². The van der Waals surface area contributed by atoms with Crippen LogP contribution >= 0.6 is 0 Å². The molecule has 25 heavy (non-hydrogen) atoms. The van der Waals surface area contributed by atoms with Crippen molar-refractivity contribution < 1.29 is 22.6 Å². The monoisotopic (exact) mass is 365 g/mol. The summed E-state index contributed by atoms with van der Waals surface area (Å²) in [7, 11) is -2.02. The standard InChI is InChI=1S/C18H23NO5S/c1-4-23-16-9-11-18(12-10-16)25(20,21)19-14(2)13-24-17-7-5-15(22-3)6-8-17/h5-12,14,19H,4,13H2,1-3H3/t14-/m1/s1. The first-order valence-electron chi connectivity index (χ1n) is 7.96. The van der Waals surface area contributed by atoms with Crippen LogP contribution in [0.3, 0.4) is 0 Å². The Morgan fingerprint density at radius 3 is 2.00 bits per heavy atom. The van der Waals surface area contributed by atoms with Crippen molar-refractivity contribution >= 4 is 10.0 Å². The molecule has 0 aliphatic heterocycles. The van der Waals surface area contributed by atoms with Crippen LogP contribution in [0.2, 0.25) is 0 Å². The summed E-state index contributed by atoms with van der Waals surface area (Å²) >= 11 is 0. The molecule has 1 N–H and O–H groups in total. The summed E-state index contributed by atoms with van der Waals surface area (Å²) in [5.41, 5.74) is 0. The molecule has 7 heteroatoms. The molecule has 0 aliphatic rings. The minimum absolute atomic E-state index is 0.187. The van der Waals surface area contributed by atoms with Crippen LogP contribution in [-0.2, 0) is 10.0 Å². The summed E-state index contributed by atoms with van der Waals surface area (Å²) in [5, 5.41) is 0. The molecular formula is C18H23NO5S. The first-order valence-corrected chi connectivity index (χ1v) is 9.45. The number of methoxy groups -OCH3 is 1. The molecule has 0 amide bonds. The Morgan fingerprint density at radius 2 is 1.44 bits per heavy atom. The van der Waals surface area contributed by atoms with Crippen LogP contribution < -0.4 is 18.9 Å². The molecule has 0 saturated carbocycles. The van der Waals surface area contributed by atoms with Crippen LogP contribution in [0.15, 0.2) is 53.4 Å². The van der Waals surface area contributed by atoms with Crippen LogP contribution in [0, 0.1) is 0 Å². The first kappa shape index (κ1) is 19.1. The Morgan fingerprint density at radius 1 is 0.920 bits per heavy atom. The smallest absolute Gasteiger partial charge is 0.240 e. The van der Waals surface area contributed by atoms with Crippen LogP contribution in [0.25, 0.3) is 0 Å². The minimum Gasteiger partial charge on any atom is -0.497 e. The Hall–Kier alpha value is -2.25.